The molecular formula is C16H16BrNO2. The molecule has 2 aromatic carbocycles. The van der Waals surface area contributed by atoms with Gasteiger partial charge in [0.1, 0.15) is 5.75 Å². The predicted molar refractivity (Wildman–Crippen MR) is 84.2 cm³/mol. The summed E-state index contributed by atoms with van der Waals surface area (Å²) in [6.45, 7) is 3.92. The number of nitrogens with one attached hydrogen (secondary N) is 1. The third-order valence-corrected chi connectivity index (χ3v) is 3.81. The number of ether oxygens (including phenoxy) is 1. The van der Waals surface area contributed by atoms with Crippen LogP contribution in [0, 0.1) is 13.8 Å². The van der Waals surface area contributed by atoms with E-state index < -0.39 is 0 Å². The van der Waals surface area contributed by atoms with Crippen molar-refractivity contribution >= 4 is 27.5 Å². The number of carbonyl (C=O) groups is 1. The Morgan fingerprint density at radius 1 is 1.15 bits per heavy atom. The Bertz CT molecular complexity index is 626. The molecule has 3 nitrogen and oxygen atoms in total. The number of hydrogen-bond donors (Lipinski definition) is 1. The molecule has 20 heavy (non-hydrogen) atoms. The van der Waals surface area contributed by atoms with Crippen LogP contribution in [-0.4, -0.2) is 12.5 Å². The van der Waals surface area contributed by atoms with Gasteiger partial charge in [-0.25, -0.2) is 0 Å². The summed E-state index contributed by atoms with van der Waals surface area (Å²) >= 11 is 3.43. The third-order valence-electron chi connectivity index (χ3n) is 2.92. The van der Waals surface area contributed by atoms with Gasteiger partial charge in [0.2, 0.25) is 0 Å². The van der Waals surface area contributed by atoms with Gasteiger partial charge in [-0.3, -0.25) is 4.79 Å². The summed E-state index contributed by atoms with van der Waals surface area (Å²) in [7, 11) is 0. The van der Waals surface area contributed by atoms with Crippen LogP contribution >= 0.6 is 15.9 Å². The van der Waals surface area contributed by atoms with E-state index in [0.29, 0.717) is 5.75 Å². The van der Waals surface area contributed by atoms with Crippen molar-refractivity contribution in [2.75, 3.05) is 11.9 Å². The molecule has 0 heterocycles. The zero-order valence-corrected chi connectivity index (χ0v) is 13.0. The number of rotatable bonds is 4. The number of amides is 1. The fourth-order valence-electron chi connectivity index (χ4n) is 1.76. The van der Waals surface area contributed by atoms with E-state index in [9.17, 15) is 4.79 Å². The molecule has 104 valence electrons. The second-order valence-electron chi connectivity index (χ2n) is 4.56. The summed E-state index contributed by atoms with van der Waals surface area (Å²) in [5, 5.41) is 2.83. The molecule has 0 saturated carbocycles. The Hall–Kier alpha value is -1.81. The van der Waals surface area contributed by atoms with Gasteiger partial charge in [-0.1, -0.05) is 34.1 Å². The van der Waals surface area contributed by atoms with E-state index in [-0.39, 0.29) is 12.5 Å². The van der Waals surface area contributed by atoms with Crippen LogP contribution in [0.2, 0.25) is 0 Å². The van der Waals surface area contributed by atoms with Crippen LogP contribution in [0.15, 0.2) is 46.9 Å². The molecule has 1 N–H and O–H groups in total. The normalized spacial score (nSPS) is 10.2. The number of aryl methyl sites for hydroxylation is 2. The van der Waals surface area contributed by atoms with Crippen LogP contribution in [0.5, 0.6) is 5.75 Å². The average molecular weight is 334 g/mol. The molecule has 0 radical (unpaired) electrons. The molecule has 0 aliphatic heterocycles. The highest BCUT2D eigenvalue weighted by atomic mass is 79.9. The lowest BCUT2D eigenvalue weighted by Crippen LogP contribution is -2.20. The number of hydrogen-bond acceptors (Lipinski definition) is 2. The second kappa shape index (κ2) is 6.57. The molecule has 0 aliphatic rings. The molecule has 1 amide bonds. The van der Waals surface area contributed by atoms with Gasteiger partial charge in [-0.15, -0.1) is 0 Å². The molecule has 2 rings (SSSR count). The van der Waals surface area contributed by atoms with Gasteiger partial charge in [0, 0.05) is 10.2 Å². The minimum Gasteiger partial charge on any atom is -0.484 e. The summed E-state index contributed by atoms with van der Waals surface area (Å²) < 4.78 is 6.51. The van der Waals surface area contributed by atoms with Crippen molar-refractivity contribution < 1.29 is 9.53 Å². The number of anilines is 1. The molecule has 0 aliphatic carbocycles. The van der Waals surface area contributed by atoms with Gasteiger partial charge >= 0.3 is 0 Å². The van der Waals surface area contributed by atoms with Crippen LogP contribution in [0.25, 0.3) is 0 Å². The van der Waals surface area contributed by atoms with E-state index in [0.717, 1.165) is 21.3 Å². The molecule has 0 spiro atoms. The monoisotopic (exact) mass is 333 g/mol. The molecule has 0 atom stereocenters. The highest BCUT2D eigenvalue weighted by Gasteiger charge is 2.06. The first kappa shape index (κ1) is 14.6. The third kappa shape index (κ3) is 3.84. The van der Waals surface area contributed by atoms with Crippen LogP contribution in [0.4, 0.5) is 5.69 Å². The minimum absolute atomic E-state index is 0.00456. The number of carbonyl (C=O) groups excluding carboxylic acids is 1. The maximum Gasteiger partial charge on any atom is 0.262 e. The van der Waals surface area contributed by atoms with E-state index in [1.165, 1.54) is 0 Å². The molecule has 0 unspecified atom stereocenters. The van der Waals surface area contributed by atoms with Crippen molar-refractivity contribution in [3.8, 4) is 5.75 Å². The maximum absolute atomic E-state index is 11.8. The van der Waals surface area contributed by atoms with E-state index in [2.05, 4.69) is 21.2 Å². The Kier molecular flexibility index (Phi) is 4.79. The highest BCUT2D eigenvalue weighted by Crippen LogP contribution is 2.21. The Morgan fingerprint density at radius 2 is 1.90 bits per heavy atom. The Morgan fingerprint density at radius 3 is 2.60 bits per heavy atom. The summed E-state index contributed by atoms with van der Waals surface area (Å²) in [5.74, 6) is 0.519. The molecule has 0 saturated heterocycles. The van der Waals surface area contributed by atoms with Gasteiger partial charge in [0.15, 0.2) is 6.61 Å². The van der Waals surface area contributed by atoms with E-state index in [4.69, 9.17) is 4.74 Å². The first-order valence-corrected chi connectivity index (χ1v) is 7.10. The zero-order chi connectivity index (χ0) is 14.5. The minimum atomic E-state index is -0.167. The smallest absolute Gasteiger partial charge is 0.262 e. The van der Waals surface area contributed by atoms with E-state index in [1.807, 2.05) is 56.3 Å². The van der Waals surface area contributed by atoms with Crippen molar-refractivity contribution in [1.82, 2.24) is 0 Å². The summed E-state index contributed by atoms with van der Waals surface area (Å²) in [6, 6.07) is 13.3. The molecule has 0 fully saturated rings. The Balaban J connectivity index is 1.92. The van der Waals surface area contributed by atoms with Crippen molar-refractivity contribution in [3.05, 3.63) is 58.1 Å². The van der Waals surface area contributed by atoms with Gasteiger partial charge in [0.05, 0.1) is 0 Å². The Labute approximate surface area is 127 Å². The highest BCUT2D eigenvalue weighted by molar-refractivity contribution is 9.10. The first-order chi connectivity index (χ1) is 9.56. The lowest BCUT2D eigenvalue weighted by atomic mass is 10.2. The van der Waals surface area contributed by atoms with Gasteiger partial charge in [-0.05, 0) is 49.2 Å². The predicted octanol–water partition coefficient (Wildman–Crippen LogP) is 4.08. The maximum atomic E-state index is 11.8. The summed E-state index contributed by atoms with van der Waals surface area (Å²) in [6.07, 6.45) is 0. The van der Waals surface area contributed by atoms with Crippen LogP contribution < -0.4 is 10.1 Å². The van der Waals surface area contributed by atoms with Crippen LogP contribution in [-0.2, 0) is 4.79 Å². The molecule has 2 aromatic rings. The fourth-order valence-corrected chi connectivity index (χ4v) is 2.00. The van der Waals surface area contributed by atoms with Crippen molar-refractivity contribution in [2.24, 2.45) is 0 Å². The second-order valence-corrected chi connectivity index (χ2v) is 5.42. The summed E-state index contributed by atoms with van der Waals surface area (Å²) in [4.78, 5) is 11.8. The average Bonchev–Trinajstić information content (AvgIpc) is 2.43. The summed E-state index contributed by atoms with van der Waals surface area (Å²) in [5.41, 5.74) is 2.91. The zero-order valence-electron chi connectivity index (χ0n) is 11.4. The van der Waals surface area contributed by atoms with Crippen LogP contribution in [0.1, 0.15) is 11.1 Å². The lowest BCUT2D eigenvalue weighted by Gasteiger charge is -2.10. The standard InChI is InChI=1S/C16H16BrNO2/c1-11-5-3-4-6-15(11)18-16(19)10-20-13-7-8-14(17)12(2)9-13/h3-9H,10H2,1-2H3,(H,18,19). The van der Waals surface area contributed by atoms with E-state index >= 15 is 0 Å². The largest absolute Gasteiger partial charge is 0.484 e. The van der Waals surface area contributed by atoms with Gasteiger partial charge in [0.25, 0.3) is 5.91 Å². The van der Waals surface area contributed by atoms with E-state index in [1.54, 1.807) is 0 Å². The van der Waals surface area contributed by atoms with Gasteiger partial charge in [-0.2, -0.15) is 0 Å². The topological polar surface area (TPSA) is 38.3 Å². The molecule has 0 bridgehead atoms. The molecule has 4 heteroatoms. The number of halogens is 1. The quantitative estimate of drug-likeness (QED) is 0.915. The number of para-hydroxylation sites is 1. The fraction of sp³-hybridized carbons (Fsp3) is 0.188. The van der Waals surface area contributed by atoms with Crippen LogP contribution in [0.3, 0.4) is 0 Å². The number of benzene rings is 2. The van der Waals surface area contributed by atoms with Gasteiger partial charge < -0.3 is 10.1 Å². The molecule has 0 aromatic heterocycles. The van der Waals surface area contributed by atoms with Crippen molar-refractivity contribution in [1.29, 1.82) is 0 Å². The lowest BCUT2D eigenvalue weighted by molar-refractivity contribution is -0.118. The first-order valence-electron chi connectivity index (χ1n) is 6.30. The SMILES string of the molecule is Cc1cc(OCC(=O)Nc2ccccc2C)ccc1Br. The van der Waals surface area contributed by atoms with Crippen molar-refractivity contribution in [2.45, 2.75) is 13.8 Å². The molecular weight excluding hydrogens is 318 g/mol. The van der Waals surface area contributed by atoms with Crippen molar-refractivity contribution in [3.63, 3.8) is 0 Å².